The minimum atomic E-state index is 0.303. The number of amidine groups is 1. The van der Waals surface area contributed by atoms with E-state index in [4.69, 9.17) is 11.1 Å². The van der Waals surface area contributed by atoms with Crippen LogP contribution in [0, 0.1) is 5.41 Å². The van der Waals surface area contributed by atoms with Gasteiger partial charge in [-0.3, -0.25) is 5.41 Å². The highest BCUT2D eigenvalue weighted by molar-refractivity contribution is 8.76. The van der Waals surface area contributed by atoms with Crippen molar-refractivity contribution in [3.8, 4) is 0 Å². The zero-order valence-corrected chi connectivity index (χ0v) is 7.15. The molecule has 0 saturated carbocycles. The molecule has 54 valence electrons. The van der Waals surface area contributed by atoms with Crippen molar-refractivity contribution in [3.63, 3.8) is 0 Å². The first-order chi connectivity index (χ1) is 4.27. The first kappa shape index (κ1) is 9.17. The van der Waals surface area contributed by atoms with Gasteiger partial charge in [0.2, 0.25) is 0 Å². The number of hydrogen-bond acceptors (Lipinski definition) is 3. The smallest absolute Gasteiger partial charge is 0.0905 e. The molecule has 0 amide bonds. The van der Waals surface area contributed by atoms with E-state index in [0.29, 0.717) is 5.84 Å². The van der Waals surface area contributed by atoms with Crippen molar-refractivity contribution >= 4 is 27.4 Å². The van der Waals surface area contributed by atoms with Crippen LogP contribution in [-0.4, -0.2) is 17.8 Å². The van der Waals surface area contributed by atoms with Crippen molar-refractivity contribution in [2.75, 3.05) is 12.0 Å². The minimum absolute atomic E-state index is 0.303. The van der Waals surface area contributed by atoms with E-state index in [2.05, 4.69) is 6.26 Å². The molecule has 0 spiro atoms. The lowest BCUT2D eigenvalue weighted by molar-refractivity contribution is 0.992. The van der Waals surface area contributed by atoms with Gasteiger partial charge in [0.05, 0.1) is 5.84 Å². The van der Waals surface area contributed by atoms with Gasteiger partial charge in [-0.1, -0.05) is 21.6 Å². The topological polar surface area (TPSA) is 49.9 Å². The lowest BCUT2D eigenvalue weighted by Gasteiger charge is -1.95. The summed E-state index contributed by atoms with van der Waals surface area (Å²) in [5.74, 6) is 1.40. The van der Waals surface area contributed by atoms with E-state index in [1.165, 1.54) is 0 Å². The Morgan fingerprint density at radius 1 is 1.67 bits per heavy atom. The van der Waals surface area contributed by atoms with E-state index in [1.54, 1.807) is 10.8 Å². The molecule has 0 radical (unpaired) electrons. The number of rotatable bonds is 5. The molecule has 3 N–H and O–H groups in total. The Morgan fingerprint density at radius 2 is 2.33 bits per heavy atom. The van der Waals surface area contributed by atoms with Gasteiger partial charge < -0.3 is 5.73 Å². The van der Waals surface area contributed by atoms with Gasteiger partial charge >= 0.3 is 0 Å². The summed E-state index contributed by atoms with van der Waals surface area (Å²) in [6.45, 7) is 0. The maximum atomic E-state index is 6.89. The third kappa shape index (κ3) is 8.17. The second-order valence-electron chi connectivity index (χ2n) is 1.62. The highest BCUT2D eigenvalue weighted by Crippen LogP contribution is 2.17. The average Bonchev–Trinajstić information content (AvgIpc) is 1.80. The van der Waals surface area contributed by atoms with Crippen molar-refractivity contribution in [3.05, 3.63) is 0 Å². The Bertz CT molecular complexity index is 85.0. The summed E-state index contributed by atoms with van der Waals surface area (Å²) in [6, 6.07) is 0. The molecule has 0 rings (SSSR count). The van der Waals surface area contributed by atoms with Gasteiger partial charge in [0.1, 0.15) is 0 Å². The fraction of sp³-hybridized carbons (Fsp3) is 0.800. The second kappa shape index (κ2) is 6.29. The molecule has 0 saturated heterocycles. The Labute approximate surface area is 63.9 Å². The summed E-state index contributed by atoms with van der Waals surface area (Å²) in [5, 5.41) is 6.89. The predicted octanol–water partition coefficient (Wildman–Crippen LogP) is 1.71. The Balaban J connectivity index is 2.83. The van der Waals surface area contributed by atoms with Crippen molar-refractivity contribution in [2.45, 2.75) is 12.8 Å². The largest absolute Gasteiger partial charge is 0.388 e. The van der Waals surface area contributed by atoms with Crippen LogP contribution < -0.4 is 5.73 Å². The van der Waals surface area contributed by atoms with E-state index in [-0.39, 0.29) is 0 Å². The van der Waals surface area contributed by atoms with Crippen LogP contribution in [0.15, 0.2) is 0 Å². The predicted molar refractivity (Wildman–Crippen MR) is 47.1 cm³/mol. The van der Waals surface area contributed by atoms with Gasteiger partial charge in [-0.05, 0) is 12.7 Å². The fourth-order valence-corrected chi connectivity index (χ4v) is 1.69. The van der Waals surface area contributed by atoms with Crippen LogP contribution in [0.5, 0.6) is 0 Å². The average molecular weight is 164 g/mol. The number of hydrogen-bond donors (Lipinski definition) is 2. The Hall–Kier alpha value is 0.170. The first-order valence-corrected chi connectivity index (χ1v) is 5.48. The molecule has 0 unspecified atom stereocenters. The molecular weight excluding hydrogens is 152 g/mol. The van der Waals surface area contributed by atoms with Crippen molar-refractivity contribution in [2.24, 2.45) is 5.73 Å². The van der Waals surface area contributed by atoms with Crippen molar-refractivity contribution < 1.29 is 0 Å². The molecule has 0 fully saturated rings. The van der Waals surface area contributed by atoms with Crippen molar-refractivity contribution in [1.82, 2.24) is 0 Å². The third-order valence-electron chi connectivity index (χ3n) is 0.792. The molecule has 4 heteroatoms. The molecule has 0 aromatic rings. The van der Waals surface area contributed by atoms with Crippen LogP contribution >= 0.6 is 21.6 Å². The maximum Gasteiger partial charge on any atom is 0.0905 e. The van der Waals surface area contributed by atoms with Crippen LogP contribution in [0.4, 0.5) is 0 Å². The van der Waals surface area contributed by atoms with Crippen LogP contribution in [0.3, 0.4) is 0 Å². The number of nitrogens with two attached hydrogens (primary N) is 1. The van der Waals surface area contributed by atoms with Crippen LogP contribution in [-0.2, 0) is 0 Å². The normalized spacial score (nSPS) is 9.44. The SMILES string of the molecule is CSSCCCC(=N)N. The lowest BCUT2D eigenvalue weighted by Crippen LogP contribution is -2.08. The van der Waals surface area contributed by atoms with Crippen molar-refractivity contribution in [1.29, 1.82) is 5.41 Å². The highest BCUT2D eigenvalue weighted by atomic mass is 33.1. The molecule has 0 heterocycles. The quantitative estimate of drug-likeness (QED) is 0.281. The molecule has 9 heavy (non-hydrogen) atoms. The standard InChI is InChI=1S/C5H12N2S2/c1-8-9-4-2-3-5(6)7/h2-4H2,1H3,(H3,6,7). The maximum absolute atomic E-state index is 6.89. The molecule has 2 nitrogen and oxygen atoms in total. The van der Waals surface area contributed by atoms with E-state index in [9.17, 15) is 0 Å². The van der Waals surface area contributed by atoms with Crippen LogP contribution in [0.2, 0.25) is 0 Å². The highest BCUT2D eigenvalue weighted by Gasteiger charge is 1.89. The zero-order valence-electron chi connectivity index (χ0n) is 5.52. The lowest BCUT2D eigenvalue weighted by atomic mass is 10.3. The molecule has 0 atom stereocenters. The van der Waals surface area contributed by atoms with Gasteiger partial charge in [-0.25, -0.2) is 0 Å². The fourth-order valence-electron chi connectivity index (χ4n) is 0.405. The molecule has 0 aliphatic heterocycles. The summed E-state index contributed by atoms with van der Waals surface area (Å²) >= 11 is 0. The Morgan fingerprint density at radius 3 is 2.78 bits per heavy atom. The molecule has 0 aromatic carbocycles. The second-order valence-corrected chi connectivity index (χ2v) is 4.30. The molecule has 0 aliphatic carbocycles. The van der Waals surface area contributed by atoms with Gasteiger partial charge in [0.15, 0.2) is 0 Å². The number of nitrogens with one attached hydrogen (secondary N) is 1. The van der Waals surface area contributed by atoms with Gasteiger partial charge in [-0.2, -0.15) is 0 Å². The molecule has 0 aliphatic rings. The third-order valence-corrected chi connectivity index (χ3v) is 2.69. The summed E-state index contributed by atoms with van der Waals surface area (Å²) in [4.78, 5) is 0. The van der Waals surface area contributed by atoms with Gasteiger partial charge in [-0.15, -0.1) is 0 Å². The molecule has 0 bridgehead atoms. The van der Waals surface area contributed by atoms with E-state index in [0.717, 1.165) is 18.6 Å². The molecular formula is C5H12N2S2. The van der Waals surface area contributed by atoms with E-state index < -0.39 is 0 Å². The summed E-state index contributed by atoms with van der Waals surface area (Å²) < 4.78 is 0. The zero-order chi connectivity index (χ0) is 7.11. The van der Waals surface area contributed by atoms with Crippen LogP contribution in [0.25, 0.3) is 0 Å². The van der Waals surface area contributed by atoms with Crippen LogP contribution in [0.1, 0.15) is 12.8 Å². The minimum Gasteiger partial charge on any atom is -0.388 e. The van der Waals surface area contributed by atoms with E-state index in [1.807, 2.05) is 10.8 Å². The summed E-state index contributed by atoms with van der Waals surface area (Å²) in [6.07, 6.45) is 3.83. The Kier molecular flexibility index (Phi) is 6.41. The van der Waals surface area contributed by atoms with Gasteiger partial charge in [0, 0.05) is 12.2 Å². The summed E-state index contributed by atoms with van der Waals surface area (Å²) in [7, 11) is 3.57. The first-order valence-electron chi connectivity index (χ1n) is 2.76. The van der Waals surface area contributed by atoms with Gasteiger partial charge in [0.25, 0.3) is 0 Å². The summed E-state index contributed by atoms with van der Waals surface area (Å²) in [5.41, 5.74) is 5.14. The monoisotopic (exact) mass is 164 g/mol. The van der Waals surface area contributed by atoms with E-state index >= 15 is 0 Å². The molecule has 0 aromatic heterocycles.